The van der Waals surface area contributed by atoms with Crippen LogP contribution in [0.25, 0.3) is 0 Å². The van der Waals surface area contributed by atoms with E-state index in [0.717, 1.165) is 57.5 Å². The molecule has 0 spiro atoms. The van der Waals surface area contributed by atoms with Gasteiger partial charge in [-0.05, 0) is 57.5 Å². The maximum Gasteiger partial charge on any atom is 0.0827 e. The summed E-state index contributed by atoms with van der Waals surface area (Å²) < 4.78 is 0. The van der Waals surface area contributed by atoms with Gasteiger partial charge in [0.25, 0.3) is 0 Å². The van der Waals surface area contributed by atoms with Gasteiger partial charge in [0.15, 0.2) is 0 Å². The van der Waals surface area contributed by atoms with E-state index in [1.165, 1.54) is 6.42 Å². The van der Waals surface area contributed by atoms with Crippen LogP contribution in [0.1, 0.15) is 51.9 Å². The average molecular weight is 226 g/mol. The minimum absolute atomic E-state index is 0.336. The molecule has 2 rings (SSSR count). The number of hydrogen-bond donors (Lipinski definition) is 3. The highest BCUT2D eigenvalue weighted by Gasteiger charge is 2.49. The Bertz CT molecular complexity index is 228. The molecule has 3 heteroatoms. The Labute approximate surface area is 98.8 Å². The maximum atomic E-state index is 10.8. The largest absolute Gasteiger partial charge is 0.388 e. The summed E-state index contributed by atoms with van der Waals surface area (Å²) in [6, 6.07) is 0. The quantitative estimate of drug-likeness (QED) is 0.667. The fourth-order valence-electron chi connectivity index (χ4n) is 3.40. The lowest BCUT2D eigenvalue weighted by Crippen LogP contribution is -2.65. The predicted octanol–water partition coefficient (Wildman–Crippen LogP) is 1.40. The Kier molecular flexibility index (Phi) is 3.57. The lowest BCUT2D eigenvalue weighted by Gasteiger charge is -2.50. The Morgan fingerprint density at radius 1 is 1.19 bits per heavy atom. The fraction of sp³-hybridized carbons (Fsp3) is 1.00. The molecule has 94 valence electrons. The SMILES string of the molecule is CCC1CCC(O)(C2(N)CCNCC2)CC1. The van der Waals surface area contributed by atoms with Gasteiger partial charge in [-0.1, -0.05) is 13.3 Å². The molecule has 1 saturated carbocycles. The van der Waals surface area contributed by atoms with E-state index in [0.29, 0.717) is 0 Å². The summed E-state index contributed by atoms with van der Waals surface area (Å²) >= 11 is 0. The summed E-state index contributed by atoms with van der Waals surface area (Å²) in [6.07, 6.45) is 7.19. The molecule has 1 aliphatic carbocycles. The second kappa shape index (κ2) is 4.63. The Hall–Kier alpha value is -0.120. The molecule has 0 unspecified atom stereocenters. The topological polar surface area (TPSA) is 58.3 Å². The monoisotopic (exact) mass is 226 g/mol. The van der Waals surface area contributed by atoms with Crippen molar-refractivity contribution in [1.29, 1.82) is 0 Å². The van der Waals surface area contributed by atoms with Crippen LogP contribution >= 0.6 is 0 Å². The lowest BCUT2D eigenvalue weighted by molar-refractivity contribution is -0.0839. The van der Waals surface area contributed by atoms with Gasteiger partial charge in [-0.15, -0.1) is 0 Å². The molecule has 0 aromatic rings. The van der Waals surface area contributed by atoms with E-state index in [9.17, 15) is 5.11 Å². The maximum absolute atomic E-state index is 10.8. The van der Waals surface area contributed by atoms with Crippen LogP contribution in [0.5, 0.6) is 0 Å². The number of hydrogen-bond acceptors (Lipinski definition) is 3. The Morgan fingerprint density at radius 3 is 2.25 bits per heavy atom. The van der Waals surface area contributed by atoms with E-state index in [2.05, 4.69) is 12.2 Å². The first kappa shape index (κ1) is 12.3. The molecule has 3 nitrogen and oxygen atoms in total. The van der Waals surface area contributed by atoms with Crippen LogP contribution in [-0.4, -0.2) is 29.3 Å². The highest BCUT2D eigenvalue weighted by molar-refractivity contribution is 5.07. The Balaban J connectivity index is 2.01. The van der Waals surface area contributed by atoms with Gasteiger partial charge in [-0.25, -0.2) is 0 Å². The molecule has 2 fully saturated rings. The predicted molar refractivity (Wildman–Crippen MR) is 66.2 cm³/mol. The molecular formula is C13H26N2O. The lowest BCUT2D eigenvalue weighted by atomic mass is 9.65. The van der Waals surface area contributed by atoms with Crippen LogP contribution < -0.4 is 11.1 Å². The summed E-state index contributed by atoms with van der Waals surface area (Å²) in [5, 5.41) is 14.1. The highest BCUT2D eigenvalue weighted by atomic mass is 16.3. The number of piperidine rings is 1. The van der Waals surface area contributed by atoms with Crippen molar-refractivity contribution in [3.05, 3.63) is 0 Å². The second-order valence-electron chi connectivity index (χ2n) is 5.79. The van der Waals surface area contributed by atoms with Crippen LogP contribution in [0.3, 0.4) is 0 Å². The zero-order chi connectivity index (χ0) is 11.6. The zero-order valence-electron chi connectivity index (χ0n) is 10.5. The van der Waals surface area contributed by atoms with E-state index in [1.54, 1.807) is 0 Å². The zero-order valence-corrected chi connectivity index (χ0v) is 10.5. The van der Waals surface area contributed by atoms with E-state index in [4.69, 9.17) is 5.73 Å². The molecule has 0 radical (unpaired) electrons. The smallest absolute Gasteiger partial charge is 0.0827 e. The molecule has 16 heavy (non-hydrogen) atoms. The van der Waals surface area contributed by atoms with Crippen molar-refractivity contribution >= 4 is 0 Å². The van der Waals surface area contributed by atoms with Crippen LogP contribution in [-0.2, 0) is 0 Å². The number of nitrogens with two attached hydrogens (primary N) is 1. The van der Waals surface area contributed by atoms with Gasteiger partial charge in [0.1, 0.15) is 0 Å². The molecule has 1 heterocycles. The van der Waals surface area contributed by atoms with Crippen molar-refractivity contribution in [3.63, 3.8) is 0 Å². The molecule has 1 aliphatic heterocycles. The first-order valence-corrected chi connectivity index (χ1v) is 6.82. The summed E-state index contributed by atoms with van der Waals surface area (Å²) in [4.78, 5) is 0. The molecular weight excluding hydrogens is 200 g/mol. The van der Waals surface area contributed by atoms with Gasteiger partial charge in [-0.3, -0.25) is 0 Å². The number of rotatable bonds is 2. The molecule has 4 N–H and O–H groups in total. The second-order valence-corrected chi connectivity index (χ2v) is 5.79. The first-order valence-electron chi connectivity index (χ1n) is 6.82. The molecule has 0 atom stereocenters. The third-order valence-electron chi connectivity index (χ3n) is 4.93. The molecule has 0 amide bonds. The standard InChI is InChI=1S/C13H26N2O/c1-2-11-3-5-13(16,6-4-11)12(14)7-9-15-10-8-12/h11,15-16H,2-10,14H2,1H3. The van der Waals surface area contributed by atoms with Gasteiger partial charge in [0, 0.05) is 5.54 Å². The number of nitrogens with one attached hydrogen (secondary N) is 1. The van der Waals surface area contributed by atoms with E-state index >= 15 is 0 Å². The van der Waals surface area contributed by atoms with E-state index in [-0.39, 0.29) is 5.54 Å². The van der Waals surface area contributed by atoms with Gasteiger partial charge in [0.2, 0.25) is 0 Å². The Morgan fingerprint density at radius 2 is 1.75 bits per heavy atom. The first-order chi connectivity index (χ1) is 7.60. The highest BCUT2D eigenvalue weighted by Crippen LogP contribution is 2.42. The van der Waals surface area contributed by atoms with Gasteiger partial charge < -0.3 is 16.2 Å². The van der Waals surface area contributed by atoms with Gasteiger partial charge in [-0.2, -0.15) is 0 Å². The van der Waals surface area contributed by atoms with Crippen LogP contribution in [0, 0.1) is 5.92 Å². The minimum atomic E-state index is -0.596. The van der Waals surface area contributed by atoms with Crippen molar-refractivity contribution in [2.75, 3.05) is 13.1 Å². The van der Waals surface area contributed by atoms with Crippen molar-refractivity contribution in [3.8, 4) is 0 Å². The molecule has 0 aromatic carbocycles. The van der Waals surface area contributed by atoms with E-state index in [1.807, 2.05) is 0 Å². The summed E-state index contributed by atoms with van der Waals surface area (Å²) in [5.74, 6) is 0.811. The molecule has 2 aliphatic rings. The summed E-state index contributed by atoms with van der Waals surface area (Å²) in [7, 11) is 0. The third kappa shape index (κ3) is 2.13. The summed E-state index contributed by atoms with van der Waals surface area (Å²) in [6.45, 7) is 4.16. The fourth-order valence-corrected chi connectivity index (χ4v) is 3.40. The van der Waals surface area contributed by atoms with Crippen molar-refractivity contribution in [2.45, 2.75) is 63.0 Å². The van der Waals surface area contributed by atoms with Crippen LogP contribution in [0.2, 0.25) is 0 Å². The van der Waals surface area contributed by atoms with Crippen LogP contribution in [0.15, 0.2) is 0 Å². The van der Waals surface area contributed by atoms with Crippen molar-refractivity contribution in [1.82, 2.24) is 5.32 Å². The summed E-state index contributed by atoms with van der Waals surface area (Å²) in [5.41, 5.74) is 5.53. The average Bonchev–Trinajstić information content (AvgIpc) is 2.31. The molecule has 1 saturated heterocycles. The van der Waals surface area contributed by atoms with Gasteiger partial charge >= 0.3 is 0 Å². The minimum Gasteiger partial charge on any atom is -0.388 e. The normalized spacial score (nSPS) is 39.6. The number of aliphatic hydroxyl groups is 1. The van der Waals surface area contributed by atoms with Crippen LogP contribution in [0.4, 0.5) is 0 Å². The molecule has 0 aromatic heterocycles. The van der Waals surface area contributed by atoms with E-state index < -0.39 is 5.60 Å². The molecule has 0 bridgehead atoms. The van der Waals surface area contributed by atoms with Gasteiger partial charge in [0.05, 0.1) is 5.60 Å². The van der Waals surface area contributed by atoms with Crippen molar-refractivity contribution < 1.29 is 5.11 Å². The van der Waals surface area contributed by atoms with Crippen molar-refractivity contribution in [2.24, 2.45) is 11.7 Å². The third-order valence-corrected chi connectivity index (χ3v) is 4.93.